The van der Waals surface area contributed by atoms with Gasteiger partial charge >= 0.3 is 0 Å². The number of ether oxygens (including phenoxy) is 1. The molecule has 0 aliphatic carbocycles. The third-order valence-corrected chi connectivity index (χ3v) is 4.66. The van der Waals surface area contributed by atoms with Crippen molar-refractivity contribution in [1.29, 1.82) is 0 Å². The van der Waals surface area contributed by atoms with Gasteiger partial charge in [-0.25, -0.2) is 0 Å². The number of rotatable bonds is 6. The highest BCUT2D eigenvalue weighted by Gasteiger charge is 2.25. The van der Waals surface area contributed by atoms with Gasteiger partial charge < -0.3 is 19.4 Å². The largest absolute Gasteiger partial charge is 0.493 e. The van der Waals surface area contributed by atoms with Gasteiger partial charge in [0.25, 0.3) is 11.8 Å². The number of carbonyl (C=O) groups excluding carboxylic acids is 2. The summed E-state index contributed by atoms with van der Waals surface area (Å²) < 4.78 is 11.1. The van der Waals surface area contributed by atoms with Gasteiger partial charge in [0.2, 0.25) is 0 Å². The van der Waals surface area contributed by atoms with Gasteiger partial charge in [-0.3, -0.25) is 9.59 Å². The second kappa shape index (κ2) is 8.75. The average Bonchev–Trinajstić information content (AvgIpc) is 3.21. The van der Waals surface area contributed by atoms with Crippen molar-refractivity contribution >= 4 is 11.8 Å². The van der Waals surface area contributed by atoms with E-state index in [1.165, 1.54) is 6.26 Å². The van der Waals surface area contributed by atoms with Gasteiger partial charge in [0, 0.05) is 24.7 Å². The quantitative estimate of drug-likeness (QED) is 0.846. The summed E-state index contributed by atoms with van der Waals surface area (Å²) in [5.41, 5.74) is 0.626. The fraction of sp³-hybridized carbons (Fsp3) is 0.429. The summed E-state index contributed by atoms with van der Waals surface area (Å²) in [6.07, 6.45) is 3.33. The summed E-state index contributed by atoms with van der Waals surface area (Å²) in [6, 6.07) is 10.7. The van der Waals surface area contributed by atoms with Crippen molar-refractivity contribution in [3.05, 3.63) is 54.0 Å². The first-order valence-corrected chi connectivity index (χ1v) is 9.39. The Balaban J connectivity index is 1.43. The second-order valence-electron chi connectivity index (χ2n) is 7.18. The molecule has 3 rings (SSSR count). The maximum atomic E-state index is 12.3. The molecule has 6 nitrogen and oxygen atoms in total. The molecule has 1 aliphatic rings. The molecule has 1 aliphatic heterocycles. The van der Waals surface area contributed by atoms with E-state index in [2.05, 4.69) is 5.32 Å². The van der Waals surface area contributed by atoms with E-state index in [9.17, 15) is 9.59 Å². The molecular formula is C21H26N2O4. The minimum atomic E-state index is -0.0786. The third-order valence-electron chi connectivity index (χ3n) is 4.66. The summed E-state index contributed by atoms with van der Waals surface area (Å²) in [5, 5.41) is 2.87. The van der Waals surface area contributed by atoms with Crippen LogP contribution in [-0.4, -0.2) is 42.5 Å². The smallest absolute Gasteiger partial charge is 0.289 e. The van der Waals surface area contributed by atoms with Crippen LogP contribution in [0.4, 0.5) is 0 Å². The van der Waals surface area contributed by atoms with E-state index in [1.807, 2.05) is 30.9 Å². The number of piperidine rings is 1. The molecule has 27 heavy (non-hydrogen) atoms. The van der Waals surface area contributed by atoms with E-state index >= 15 is 0 Å². The van der Waals surface area contributed by atoms with Crippen LogP contribution in [-0.2, 0) is 0 Å². The van der Waals surface area contributed by atoms with Crippen molar-refractivity contribution in [2.24, 2.45) is 5.92 Å². The fourth-order valence-corrected chi connectivity index (χ4v) is 3.12. The first-order chi connectivity index (χ1) is 13.0. The van der Waals surface area contributed by atoms with Crippen LogP contribution in [0.1, 0.15) is 47.6 Å². The van der Waals surface area contributed by atoms with E-state index < -0.39 is 0 Å². The Kier molecular flexibility index (Phi) is 6.16. The molecule has 0 spiro atoms. The first-order valence-electron chi connectivity index (χ1n) is 9.39. The van der Waals surface area contributed by atoms with E-state index in [0.29, 0.717) is 36.9 Å². The maximum absolute atomic E-state index is 12.3. The SMILES string of the molecule is CC(C)NC(=O)c1ccc(OCC2CCN(C(=O)c3ccco3)CC2)cc1. The van der Waals surface area contributed by atoms with Crippen molar-refractivity contribution in [2.45, 2.75) is 32.7 Å². The Morgan fingerprint density at radius 3 is 2.48 bits per heavy atom. The molecule has 1 saturated heterocycles. The van der Waals surface area contributed by atoms with Crippen molar-refractivity contribution in [1.82, 2.24) is 10.2 Å². The molecule has 6 heteroatoms. The van der Waals surface area contributed by atoms with Crippen LogP contribution in [0.15, 0.2) is 47.1 Å². The number of carbonyl (C=O) groups is 2. The monoisotopic (exact) mass is 370 g/mol. The molecule has 1 fully saturated rings. The number of nitrogens with one attached hydrogen (secondary N) is 1. The standard InChI is InChI=1S/C21H26N2O4/c1-15(2)22-20(24)17-5-7-18(8-6-17)27-14-16-9-11-23(12-10-16)21(25)19-4-3-13-26-19/h3-8,13,15-16H,9-12,14H2,1-2H3,(H,22,24). The van der Waals surface area contributed by atoms with Crippen LogP contribution in [0.5, 0.6) is 5.75 Å². The normalized spacial score (nSPS) is 15.0. The van der Waals surface area contributed by atoms with Crippen LogP contribution in [0.25, 0.3) is 0 Å². The van der Waals surface area contributed by atoms with E-state index in [1.54, 1.807) is 24.3 Å². The molecule has 0 atom stereocenters. The lowest BCUT2D eigenvalue weighted by Crippen LogP contribution is -2.39. The maximum Gasteiger partial charge on any atom is 0.289 e. The molecule has 1 aromatic carbocycles. The molecule has 0 unspecified atom stereocenters. The van der Waals surface area contributed by atoms with Gasteiger partial charge in [-0.15, -0.1) is 0 Å². The lowest BCUT2D eigenvalue weighted by atomic mass is 9.97. The van der Waals surface area contributed by atoms with Crippen LogP contribution < -0.4 is 10.1 Å². The van der Waals surface area contributed by atoms with Gasteiger partial charge in [-0.2, -0.15) is 0 Å². The van der Waals surface area contributed by atoms with Gasteiger partial charge in [0.05, 0.1) is 12.9 Å². The topological polar surface area (TPSA) is 71.8 Å². The molecule has 2 aromatic rings. The van der Waals surface area contributed by atoms with E-state index in [-0.39, 0.29) is 17.9 Å². The van der Waals surface area contributed by atoms with Crippen LogP contribution in [0.2, 0.25) is 0 Å². The highest BCUT2D eigenvalue weighted by atomic mass is 16.5. The third kappa shape index (κ3) is 5.12. The Bertz CT molecular complexity index is 745. The van der Waals surface area contributed by atoms with Crippen molar-refractivity contribution < 1.29 is 18.7 Å². The highest BCUT2D eigenvalue weighted by Crippen LogP contribution is 2.21. The van der Waals surface area contributed by atoms with Crippen LogP contribution >= 0.6 is 0 Å². The highest BCUT2D eigenvalue weighted by molar-refractivity contribution is 5.94. The Labute approximate surface area is 159 Å². The minimum absolute atomic E-state index is 0.0466. The first kappa shape index (κ1) is 19.0. The molecule has 0 radical (unpaired) electrons. The predicted octanol–water partition coefficient (Wildman–Crippen LogP) is 3.35. The van der Waals surface area contributed by atoms with Crippen molar-refractivity contribution in [3.8, 4) is 5.75 Å². The van der Waals surface area contributed by atoms with Crippen molar-refractivity contribution in [2.75, 3.05) is 19.7 Å². The number of hydrogen-bond donors (Lipinski definition) is 1. The molecule has 2 amide bonds. The zero-order valence-electron chi connectivity index (χ0n) is 15.8. The zero-order valence-corrected chi connectivity index (χ0v) is 15.8. The lowest BCUT2D eigenvalue weighted by molar-refractivity contribution is 0.0629. The Morgan fingerprint density at radius 1 is 1.19 bits per heavy atom. The average molecular weight is 370 g/mol. The minimum Gasteiger partial charge on any atom is -0.493 e. The lowest BCUT2D eigenvalue weighted by Gasteiger charge is -2.31. The summed E-state index contributed by atoms with van der Waals surface area (Å²) in [7, 11) is 0. The zero-order chi connectivity index (χ0) is 19.2. The van der Waals surface area contributed by atoms with Crippen LogP contribution in [0.3, 0.4) is 0 Å². The number of benzene rings is 1. The van der Waals surface area contributed by atoms with Gasteiger partial charge in [-0.05, 0) is 69.0 Å². The Hall–Kier alpha value is -2.76. The molecule has 0 saturated carbocycles. The number of nitrogens with zero attached hydrogens (tertiary/aromatic N) is 1. The molecule has 144 valence electrons. The van der Waals surface area contributed by atoms with E-state index in [4.69, 9.17) is 9.15 Å². The van der Waals surface area contributed by atoms with Crippen molar-refractivity contribution in [3.63, 3.8) is 0 Å². The fourth-order valence-electron chi connectivity index (χ4n) is 3.12. The molecular weight excluding hydrogens is 344 g/mol. The molecule has 2 heterocycles. The van der Waals surface area contributed by atoms with E-state index in [0.717, 1.165) is 18.6 Å². The van der Waals surface area contributed by atoms with Gasteiger partial charge in [0.15, 0.2) is 5.76 Å². The summed E-state index contributed by atoms with van der Waals surface area (Å²) >= 11 is 0. The van der Waals surface area contributed by atoms with Gasteiger partial charge in [0.1, 0.15) is 5.75 Å². The number of hydrogen-bond acceptors (Lipinski definition) is 4. The molecule has 1 aromatic heterocycles. The number of furan rings is 1. The second-order valence-corrected chi connectivity index (χ2v) is 7.18. The molecule has 1 N–H and O–H groups in total. The Morgan fingerprint density at radius 2 is 1.89 bits per heavy atom. The number of amides is 2. The predicted molar refractivity (Wildman–Crippen MR) is 102 cm³/mol. The summed E-state index contributed by atoms with van der Waals surface area (Å²) in [4.78, 5) is 26.1. The summed E-state index contributed by atoms with van der Waals surface area (Å²) in [6.45, 7) is 5.90. The summed E-state index contributed by atoms with van der Waals surface area (Å²) in [5.74, 6) is 1.44. The van der Waals surface area contributed by atoms with Crippen LogP contribution in [0, 0.1) is 5.92 Å². The van der Waals surface area contributed by atoms with Gasteiger partial charge in [-0.1, -0.05) is 0 Å². The number of likely N-dealkylation sites (tertiary alicyclic amines) is 1. The molecule has 0 bridgehead atoms.